The number of nitrogens with one attached hydrogen (secondary N) is 1. The summed E-state index contributed by atoms with van der Waals surface area (Å²) >= 11 is 0. The van der Waals surface area contributed by atoms with Gasteiger partial charge in [0, 0.05) is 6.07 Å². The minimum atomic E-state index is -1.35. The van der Waals surface area contributed by atoms with Crippen molar-refractivity contribution in [2.24, 2.45) is 0 Å². The molecule has 0 unspecified atom stereocenters. The average molecular weight is 236 g/mol. The van der Waals surface area contributed by atoms with E-state index in [1.165, 1.54) is 7.11 Å². The third-order valence-electron chi connectivity index (χ3n) is 2.96. The highest BCUT2D eigenvalue weighted by atomic mass is 16.7. The smallest absolute Gasteiger partial charge is 0.290 e. The molecule has 90 valence electrons. The van der Waals surface area contributed by atoms with Crippen molar-refractivity contribution in [3.63, 3.8) is 0 Å². The highest BCUT2D eigenvalue weighted by Crippen LogP contribution is 2.46. The van der Waals surface area contributed by atoms with Crippen LogP contribution in [0.1, 0.15) is 5.56 Å². The molecule has 1 fully saturated rings. The van der Waals surface area contributed by atoms with Crippen molar-refractivity contribution in [3.05, 3.63) is 17.7 Å². The standard InChI is InChI=1S/C11H12N2O4/c1-15-6-4-7-9(8(12)5-6)13-10(14)11(7)16-2-3-17-11/h4-5H,2-3,12H2,1H3,(H,13,14). The fourth-order valence-electron chi connectivity index (χ4n) is 2.17. The fraction of sp³-hybridized carbons (Fsp3) is 0.364. The van der Waals surface area contributed by atoms with Crippen LogP contribution in [-0.2, 0) is 20.1 Å². The van der Waals surface area contributed by atoms with E-state index in [2.05, 4.69) is 5.32 Å². The van der Waals surface area contributed by atoms with E-state index < -0.39 is 5.79 Å². The van der Waals surface area contributed by atoms with Crippen molar-refractivity contribution in [3.8, 4) is 5.75 Å². The predicted octanol–water partition coefficient (Wildman–Crippen LogP) is 0.429. The Kier molecular flexibility index (Phi) is 2.04. The summed E-state index contributed by atoms with van der Waals surface area (Å²) in [5.74, 6) is -1.13. The molecule has 1 spiro atoms. The van der Waals surface area contributed by atoms with Gasteiger partial charge >= 0.3 is 0 Å². The number of anilines is 2. The summed E-state index contributed by atoms with van der Waals surface area (Å²) in [5.41, 5.74) is 7.41. The van der Waals surface area contributed by atoms with Gasteiger partial charge in [-0.2, -0.15) is 0 Å². The molecule has 1 amide bonds. The fourth-order valence-corrected chi connectivity index (χ4v) is 2.17. The van der Waals surface area contributed by atoms with Crippen LogP contribution in [0.25, 0.3) is 0 Å². The van der Waals surface area contributed by atoms with Crippen LogP contribution < -0.4 is 15.8 Å². The van der Waals surface area contributed by atoms with Crippen molar-refractivity contribution in [1.82, 2.24) is 0 Å². The molecule has 0 radical (unpaired) electrons. The Bertz CT molecular complexity index is 494. The van der Waals surface area contributed by atoms with Gasteiger partial charge in [-0.25, -0.2) is 0 Å². The Morgan fingerprint density at radius 3 is 2.76 bits per heavy atom. The zero-order valence-electron chi connectivity index (χ0n) is 9.28. The van der Waals surface area contributed by atoms with E-state index in [9.17, 15) is 4.79 Å². The van der Waals surface area contributed by atoms with Gasteiger partial charge in [-0.1, -0.05) is 0 Å². The van der Waals surface area contributed by atoms with Gasteiger partial charge in [-0.15, -0.1) is 0 Å². The third-order valence-corrected chi connectivity index (χ3v) is 2.96. The van der Waals surface area contributed by atoms with Gasteiger partial charge in [0.25, 0.3) is 11.7 Å². The van der Waals surface area contributed by atoms with Crippen molar-refractivity contribution in [2.75, 3.05) is 31.4 Å². The predicted molar refractivity (Wildman–Crippen MR) is 59.6 cm³/mol. The minimum Gasteiger partial charge on any atom is -0.497 e. The minimum absolute atomic E-state index is 0.343. The maximum Gasteiger partial charge on any atom is 0.290 e. The molecule has 1 aromatic carbocycles. The summed E-state index contributed by atoms with van der Waals surface area (Å²) in [5, 5.41) is 2.68. The maximum atomic E-state index is 11.9. The highest BCUT2D eigenvalue weighted by Gasteiger charge is 2.53. The second kappa shape index (κ2) is 3.35. The van der Waals surface area contributed by atoms with E-state index in [0.717, 1.165) is 0 Å². The topological polar surface area (TPSA) is 82.8 Å². The Morgan fingerprint density at radius 1 is 1.41 bits per heavy atom. The quantitative estimate of drug-likeness (QED) is 0.691. The molecule has 2 aliphatic heterocycles. The van der Waals surface area contributed by atoms with E-state index >= 15 is 0 Å². The molecule has 1 aromatic rings. The third kappa shape index (κ3) is 1.25. The van der Waals surface area contributed by atoms with Crippen LogP contribution in [0.5, 0.6) is 5.75 Å². The first-order chi connectivity index (χ1) is 8.17. The molecule has 6 nitrogen and oxygen atoms in total. The molecular weight excluding hydrogens is 224 g/mol. The second-order valence-corrected chi connectivity index (χ2v) is 3.91. The first-order valence-corrected chi connectivity index (χ1v) is 5.25. The van der Waals surface area contributed by atoms with Crippen LogP contribution in [0.4, 0.5) is 11.4 Å². The lowest BCUT2D eigenvalue weighted by Gasteiger charge is -2.19. The average Bonchev–Trinajstić information content (AvgIpc) is 2.90. The summed E-state index contributed by atoms with van der Waals surface area (Å²) in [4.78, 5) is 11.9. The molecule has 0 saturated carbocycles. The van der Waals surface area contributed by atoms with Gasteiger partial charge in [0.05, 0.1) is 37.3 Å². The SMILES string of the molecule is COc1cc(N)c2c(c1)C1(OCCO1)C(=O)N2. The van der Waals surface area contributed by atoms with Crippen LogP contribution in [0.15, 0.2) is 12.1 Å². The number of hydrogen-bond acceptors (Lipinski definition) is 5. The number of methoxy groups -OCH3 is 1. The lowest BCUT2D eigenvalue weighted by Crippen LogP contribution is -2.35. The number of nitrogens with two attached hydrogens (primary N) is 1. The van der Waals surface area contributed by atoms with Gasteiger partial charge in [0.15, 0.2) is 0 Å². The highest BCUT2D eigenvalue weighted by molar-refractivity contribution is 6.07. The summed E-state index contributed by atoms with van der Waals surface area (Å²) in [6, 6.07) is 3.35. The zero-order chi connectivity index (χ0) is 12.0. The van der Waals surface area contributed by atoms with Crippen LogP contribution in [0.3, 0.4) is 0 Å². The number of carbonyl (C=O) groups is 1. The van der Waals surface area contributed by atoms with Crippen molar-refractivity contribution >= 4 is 17.3 Å². The second-order valence-electron chi connectivity index (χ2n) is 3.91. The van der Waals surface area contributed by atoms with E-state index in [4.69, 9.17) is 19.9 Å². The number of benzene rings is 1. The van der Waals surface area contributed by atoms with Crippen LogP contribution in [0.2, 0.25) is 0 Å². The molecular formula is C11H12N2O4. The molecule has 2 aliphatic rings. The Morgan fingerprint density at radius 2 is 2.12 bits per heavy atom. The molecule has 6 heteroatoms. The number of hydrogen-bond donors (Lipinski definition) is 2. The molecule has 0 atom stereocenters. The molecule has 3 N–H and O–H groups in total. The maximum absolute atomic E-state index is 11.9. The lowest BCUT2D eigenvalue weighted by atomic mass is 10.1. The van der Waals surface area contributed by atoms with Crippen LogP contribution >= 0.6 is 0 Å². The van der Waals surface area contributed by atoms with Crippen LogP contribution in [0, 0.1) is 0 Å². The van der Waals surface area contributed by atoms with Crippen molar-refractivity contribution in [1.29, 1.82) is 0 Å². The first kappa shape index (κ1) is 10.4. The zero-order valence-corrected chi connectivity index (χ0v) is 9.28. The van der Waals surface area contributed by atoms with Gasteiger partial charge < -0.3 is 25.3 Å². The molecule has 0 bridgehead atoms. The number of rotatable bonds is 1. The molecule has 0 aliphatic carbocycles. The van der Waals surface area contributed by atoms with E-state index in [1.807, 2.05) is 0 Å². The molecule has 17 heavy (non-hydrogen) atoms. The van der Waals surface area contributed by atoms with E-state index in [1.54, 1.807) is 12.1 Å². The number of ether oxygens (including phenoxy) is 3. The van der Waals surface area contributed by atoms with Gasteiger partial charge in [-0.05, 0) is 6.07 Å². The summed E-state index contributed by atoms with van der Waals surface area (Å²) < 4.78 is 16.0. The number of amides is 1. The van der Waals surface area contributed by atoms with Crippen LogP contribution in [-0.4, -0.2) is 26.2 Å². The number of nitrogen functional groups attached to an aromatic ring is 1. The van der Waals surface area contributed by atoms with E-state index in [-0.39, 0.29) is 5.91 Å². The van der Waals surface area contributed by atoms with Gasteiger partial charge in [0.2, 0.25) is 0 Å². The Balaban J connectivity index is 2.20. The first-order valence-electron chi connectivity index (χ1n) is 5.25. The number of fused-ring (bicyclic) bond motifs is 2. The van der Waals surface area contributed by atoms with Crippen molar-refractivity contribution < 1.29 is 19.0 Å². The summed E-state index contributed by atoms with van der Waals surface area (Å²) in [7, 11) is 1.54. The number of carbonyl (C=O) groups excluding carboxylic acids is 1. The molecule has 1 saturated heterocycles. The van der Waals surface area contributed by atoms with E-state index in [0.29, 0.717) is 35.9 Å². The molecule has 3 rings (SSSR count). The summed E-state index contributed by atoms with van der Waals surface area (Å²) in [6.45, 7) is 0.758. The lowest BCUT2D eigenvalue weighted by molar-refractivity contribution is -0.178. The normalized spacial score (nSPS) is 20.4. The van der Waals surface area contributed by atoms with Gasteiger partial charge in [0.1, 0.15) is 5.75 Å². The Hall–Kier alpha value is -1.79. The molecule has 2 heterocycles. The largest absolute Gasteiger partial charge is 0.497 e. The monoisotopic (exact) mass is 236 g/mol. The summed E-state index contributed by atoms with van der Waals surface area (Å²) in [6.07, 6.45) is 0. The Labute approximate surface area is 97.6 Å². The van der Waals surface area contributed by atoms with Gasteiger partial charge in [-0.3, -0.25) is 4.79 Å². The molecule has 0 aromatic heterocycles. The van der Waals surface area contributed by atoms with Crippen molar-refractivity contribution in [2.45, 2.75) is 5.79 Å².